The number of phenols is 5. The van der Waals surface area contributed by atoms with Crippen LogP contribution in [0.5, 0.6) is 28.7 Å². The van der Waals surface area contributed by atoms with Gasteiger partial charge in [-0.3, -0.25) is 0 Å². The second-order valence-corrected chi connectivity index (χ2v) is 4.26. The van der Waals surface area contributed by atoms with Crippen LogP contribution >= 0.6 is 0 Å². The zero-order chi connectivity index (χ0) is 14.0. The summed E-state index contributed by atoms with van der Waals surface area (Å²) >= 11 is 0. The molecule has 0 atom stereocenters. The van der Waals surface area contributed by atoms with Crippen molar-refractivity contribution in [1.82, 2.24) is 0 Å². The van der Waals surface area contributed by atoms with Gasteiger partial charge in [0.25, 0.3) is 0 Å². The molecule has 0 saturated heterocycles. The van der Waals surface area contributed by atoms with Gasteiger partial charge in [-0.25, -0.2) is 0 Å². The zero-order valence-corrected chi connectivity index (χ0v) is 10.0. The molecule has 2 aromatic carbocycles. The van der Waals surface area contributed by atoms with Crippen LogP contribution in [0.3, 0.4) is 0 Å². The fourth-order valence-electron chi connectivity index (χ4n) is 1.82. The van der Waals surface area contributed by atoms with Crippen LogP contribution in [0.15, 0.2) is 30.3 Å². The molecule has 2 rings (SSSR count). The van der Waals surface area contributed by atoms with Crippen LogP contribution < -0.4 is 0 Å². The normalized spacial score (nSPS) is 10.5. The van der Waals surface area contributed by atoms with Gasteiger partial charge in [-0.2, -0.15) is 0 Å². The number of aryl methyl sites for hydroxylation is 2. The van der Waals surface area contributed by atoms with Crippen molar-refractivity contribution >= 4 is 0 Å². The highest BCUT2D eigenvalue weighted by atomic mass is 16.3. The van der Waals surface area contributed by atoms with E-state index in [4.69, 9.17) is 0 Å². The first-order chi connectivity index (χ1) is 8.99. The highest BCUT2D eigenvalue weighted by Crippen LogP contribution is 2.37. The summed E-state index contributed by atoms with van der Waals surface area (Å²) in [4.78, 5) is 0. The SMILES string of the molecule is Oc1ccc(CCc2ccc(O)c(O)c2O)cc1O. The zero-order valence-electron chi connectivity index (χ0n) is 10.0. The number of hydrogen-bond acceptors (Lipinski definition) is 5. The average molecular weight is 262 g/mol. The molecule has 0 aromatic heterocycles. The first kappa shape index (κ1) is 12.9. The molecule has 0 aliphatic carbocycles. The summed E-state index contributed by atoms with van der Waals surface area (Å²) in [5.74, 6) is -1.64. The first-order valence-corrected chi connectivity index (χ1v) is 5.72. The Morgan fingerprint density at radius 1 is 0.632 bits per heavy atom. The predicted octanol–water partition coefficient (Wildman–Crippen LogP) is 2.00. The van der Waals surface area contributed by atoms with Gasteiger partial charge in [0, 0.05) is 0 Å². The predicted molar refractivity (Wildman–Crippen MR) is 68.6 cm³/mol. The van der Waals surface area contributed by atoms with Crippen molar-refractivity contribution in [2.75, 3.05) is 0 Å². The lowest BCUT2D eigenvalue weighted by atomic mass is 10.0. The van der Waals surface area contributed by atoms with Crippen molar-refractivity contribution in [3.63, 3.8) is 0 Å². The summed E-state index contributed by atoms with van der Waals surface area (Å²) in [5.41, 5.74) is 1.27. The lowest BCUT2D eigenvalue weighted by Gasteiger charge is -2.08. The van der Waals surface area contributed by atoms with E-state index in [-0.39, 0.29) is 23.0 Å². The molecule has 0 unspecified atom stereocenters. The van der Waals surface area contributed by atoms with E-state index in [1.807, 2.05) is 0 Å². The molecular weight excluding hydrogens is 248 g/mol. The van der Waals surface area contributed by atoms with Gasteiger partial charge in [0.05, 0.1) is 0 Å². The smallest absolute Gasteiger partial charge is 0.200 e. The largest absolute Gasteiger partial charge is 0.504 e. The molecule has 0 aliphatic rings. The molecule has 2 aromatic rings. The van der Waals surface area contributed by atoms with E-state index in [0.717, 1.165) is 5.56 Å². The Morgan fingerprint density at radius 2 is 1.32 bits per heavy atom. The molecule has 0 amide bonds. The molecule has 0 aliphatic heterocycles. The molecular formula is C14H14O5. The number of phenolic OH excluding ortho intramolecular Hbond substituents is 5. The monoisotopic (exact) mass is 262 g/mol. The lowest BCUT2D eigenvalue weighted by molar-refractivity contribution is 0.365. The third kappa shape index (κ3) is 2.65. The minimum atomic E-state index is -0.536. The topological polar surface area (TPSA) is 101 Å². The Labute approximate surface area is 109 Å². The molecule has 0 spiro atoms. The third-order valence-corrected chi connectivity index (χ3v) is 2.94. The molecule has 19 heavy (non-hydrogen) atoms. The van der Waals surface area contributed by atoms with Gasteiger partial charge in [-0.1, -0.05) is 12.1 Å². The highest BCUT2D eigenvalue weighted by Gasteiger charge is 2.11. The second-order valence-electron chi connectivity index (χ2n) is 4.26. The van der Waals surface area contributed by atoms with Crippen LogP contribution in [0.1, 0.15) is 11.1 Å². The van der Waals surface area contributed by atoms with E-state index in [9.17, 15) is 25.5 Å². The summed E-state index contributed by atoms with van der Waals surface area (Å²) < 4.78 is 0. The van der Waals surface area contributed by atoms with Crippen LogP contribution in [0.2, 0.25) is 0 Å². The van der Waals surface area contributed by atoms with Crippen molar-refractivity contribution in [2.24, 2.45) is 0 Å². The Morgan fingerprint density at radius 3 is 2.00 bits per heavy atom. The number of benzene rings is 2. The number of aromatic hydroxyl groups is 5. The van der Waals surface area contributed by atoms with Gasteiger partial charge in [-0.15, -0.1) is 0 Å². The van der Waals surface area contributed by atoms with Crippen molar-refractivity contribution in [3.05, 3.63) is 41.5 Å². The van der Waals surface area contributed by atoms with Crippen molar-refractivity contribution in [1.29, 1.82) is 0 Å². The maximum atomic E-state index is 9.66. The molecule has 0 fully saturated rings. The quantitative estimate of drug-likeness (QED) is 0.545. The third-order valence-electron chi connectivity index (χ3n) is 2.94. The Kier molecular flexibility index (Phi) is 3.37. The molecule has 5 nitrogen and oxygen atoms in total. The van der Waals surface area contributed by atoms with Gasteiger partial charge in [-0.05, 0) is 42.2 Å². The Bertz CT molecular complexity index is 607. The van der Waals surface area contributed by atoms with E-state index in [2.05, 4.69) is 0 Å². The van der Waals surface area contributed by atoms with Crippen LogP contribution in [0.25, 0.3) is 0 Å². The Balaban J connectivity index is 2.14. The van der Waals surface area contributed by atoms with Crippen LogP contribution in [-0.4, -0.2) is 25.5 Å². The van der Waals surface area contributed by atoms with Gasteiger partial charge in [0.15, 0.2) is 23.0 Å². The average Bonchev–Trinajstić information content (AvgIpc) is 2.39. The van der Waals surface area contributed by atoms with Crippen molar-refractivity contribution in [3.8, 4) is 28.7 Å². The standard InChI is InChI=1S/C14H14O5/c15-10-5-2-8(7-12(10)17)1-3-9-4-6-11(16)14(19)13(9)18/h2,4-7,15-19H,1,3H2. The highest BCUT2D eigenvalue weighted by molar-refractivity contribution is 5.53. The van der Waals surface area contributed by atoms with Crippen LogP contribution in [-0.2, 0) is 12.8 Å². The maximum Gasteiger partial charge on any atom is 0.200 e. The number of hydrogen-bond donors (Lipinski definition) is 5. The Hall–Kier alpha value is -2.56. The van der Waals surface area contributed by atoms with E-state index in [0.29, 0.717) is 18.4 Å². The molecule has 5 heteroatoms. The molecule has 100 valence electrons. The summed E-state index contributed by atoms with van der Waals surface area (Å²) in [6.07, 6.45) is 0.926. The fourth-order valence-corrected chi connectivity index (χ4v) is 1.82. The van der Waals surface area contributed by atoms with E-state index < -0.39 is 5.75 Å². The van der Waals surface area contributed by atoms with Crippen molar-refractivity contribution < 1.29 is 25.5 Å². The van der Waals surface area contributed by atoms with Gasteiger partial charge < -0.3 is 25.5 Å². The molecule has 0 bridgehead atoms. The summed E-state index contributed by atoms with van der Waals surface area (Å²) in [5, 5.41) is 46.8. The minimum absolute atomic E-state index is 0.186. The summed E-state index contributed by atoms with van der Waals surface area (Å²) in [6.45, 7) is 0. The van der Waals surface area contributed by atoms with Gasteiger partial charge in [0.1, 0.15) is 0 Å². The minimum Gasteiger partial charge on any atom is -0.504 e. The van der Waals surface area contributed by atoms with E-state index in [1.165, 1.54) is 24.3 Å². The lowest BCUT2D eigenvalue weighted by Crippen LogP contribution is -1.92. The van der Waals surface area contributed by atoms with E-state index >= 15 is 0 Å². The van der Waals surface area contributed by atoms with Gasteiger partial charge >= 0.3 is 0 Å². The van der Waals surface area contributed by atoms with Gasteiger partial charge in [0.2, 0.25) is 5.75 Å². The fraction of sp³-hybridized carbons (Fsp3) is 0.143. The van der Waals surface area contributed by atoms with E-state index in [1.54, 1.807) is 6.07 Å². The molecule has 0 radical (unpaired) electrons. The maximum absolute atomic E-state index is 9.66. The molecule has 5 N–H and O–H groups in total. The second kappa shape index (κ2) is 4.97. The number of rotatable bonds is 3. The first-order valence-electron chi connectivity index (χ1n) is 5.72. The van der Waals surface area contributed by atoms with Crippen LogP contribution in [0.4, 0.5) is 0 Å². The molecule has 0 saturated carbocycles. The van der Waals surface area contributed by atoms with Crippen LogP contribution in [0, 0.1) is 0 Å². The summed E-state index contributed by atoms with van der Waals surface area (Å²) in [6, 6.07) is 7.31. The molecule has 0 heterocycles. The summed E-state index contributed by atoms with van der Waals surface area (Å²) in [7, 11) is 0. The van der Waals surface area contributed by atoms with Crippen molar-refractivity contribution in [2.45, 2.75) is 12.8 Å².